The maximum absolute atomic E-state index is 11.4. The number of rotatable bonds is 3. The second-order valence-corrected chi connectivity index (χ2v) is 3.73. The molecule has 3 heteroatoms. The van der Waals surface area contributed by atoms with Crippen molar-refractivity contribution >= 4 is 5.91 Å². The Labute approximate surface area is 74.1 Å². The maximum atomic E-state index is 11.4. The monoisotopic (exact) mass is 170 g/mol. The molecule has 0 radical (unpaired) electrons. The van der Waals surface area contributed by atoms with Crippen LogP contribution in [0.25, 0.3) is 0 Å². The lowest BCUT2D eigenvalue weighted by atomic mass is 10.1. The number of carbonyl (C=O) groups excluding carboxylic acids is 1. The summed E-state index contributed by atoms with van der Waals surface area (Å²) in [6.07, 6.45) is 1.24. The van der Waals surface area contributed by atoms with Crippen LogP contribution in [0, 0.1) is 0 Å². The minimum Gasteiger partial charge on any atom is -0.353 e. The fourth-order valence-corrected chi connectivity index (χ4v) is 1.30. The van der Waals surface area contributed by atoms with Gasteiger partial charge >= 0.3 is 0 Å². The molecule has 1 saturated heterocycles. The van der Waals surface area contributed by atoms with E-state index in [0.717, 1.165) is 13.1 Å². The fourth-order valence-electron chi connectivity index (χ4n) is 1.30. The average molecular weight is 170 g/mol. The number of nitrogens with zero attached hydrogens (tertiary/aromatic N) is 1. The molecule has 1 rings (SSSR count). The number of hydrogen-bond donors (Lipinski definition) is 1. The second-order valence-electron chi connectivity index (χ2n) is 3.73. The predicted molar refractivity (Wildman–Crippen MR) is 48.9 cm³/mol. The van der Waals surface area contributed by atoms with E-state index in [-0.39, 0.29) is 18.0 Å². The molecule has 1 unspecified atom stereocenters. The lowest BCUT2D eigenvalue weighted by Gasteiger charge is -2.35. The first-order chi connectivity index (χ1) is 5.61. The Morgan fingerprint density at radius 1 is 1.33 bits per heavy atom. The van der Waals surface area contributed by atoms with Gasteiger partial charge in [-0.3, -0.25) is 9.69 Å². The molecule has 0 bridgehead atoms. The van der Waals surface area contributed by atoms with Crippen molar-refractivity contribution in [3.8, 4) is 0 Å². The van der Waals surface area contributed by atoms with Gasteiger partial charge in [-0.05, 0) is 27.2 Å². The summed E-state index contributed by atoms with van der Waals surface area (Å²) in [5, 5.41) is 2.91. The summed E-state index contributed by atoms with van der Waals surface area (Å²) in [7, 11) is 0. The first kappa shape index (κ1) is 9.52. The molecule has 0 aliphatic carbocycles. The van der Waals surface area contributed by atoms with E-state index in [0.29, 0.717) is 0 Å². The molecule has 1 aliphatic rings. The van der Waals surface area contributed by atoms with Gasteiger partial charge in [-0.1, -0.05) is 0 Å². The number of carbonyl (C=O) groups is 1. The number of nitrogens with one attached hydrogen (secondary N) is 1. The summed E-state index contributed by atoms with van der Waals surface area (Å²) in [5.41, 5.74) is 0. The van der Waals surface area contributed by atoms with Crippen molar-refractivity contribution in [2.75, 3.05) is 13.1 Å². The number of amides is 1. The van der Waals surface area contributed by atoms with Gasteiger partial charge < -0.3 is 5.32 Å². The van der Waals surface area contributed by atoms with Crippen LogP contribution >= 0.6 is 0 Å². The summed E-state index contributed by atoms with van der Waals surface area (Å²) >= 11 is 0. The molecule has 3 nitrogen and oxygen atoms in total. The molecule has 1 fully saturated rings. The number of likely N-dealkylation sites (tertiary alicyclic amines) is 1. The highest BCUT2D eigenvalue weighted by molar-refractivity contribution is 5.81. The summed E-state index contributed by atoms with van der Waals surface area (Å²) in [5.74, 6) is 0.157. The molecule has 1 atom stereocenters. The number of hydrogen-bond acceptors (Lipinski definition) is 2. The normalized spacial score (nSPS) is 20.3. The van der Waals surface area contributed by atoms with Crippen molar-refractivity contribution in [3.63, 3.8) is 0 Å². The van der Waals surface area contributed by atoms with Gasteiger partial charge in [0.25, 0.3) is 0 Å². The van der Waals surface area contributed by atoms with E-state index in [4.69, 9.17) is 0 Å². The fraction of sp³-hybridized carbons (Fsp3) is 0.889. The average Bonchev–Trinajstić information content (AvgIpc) is 1.81. The molecule has 1 amide bonds. The molecule has 0 saturated carbocycles. The third-order valence-corrected chi connectivity index (χ3v) is 2.25. The Kier molecular flexibility index (Phi) is 3.09. The Morgan fingerprint density at radius 3 is 2.25 bits per heavy atom. The van der Waals surface area contributed by atoms with E-state index in [1.807, 2.05) is 20.8 Å². The van der Waals surface area contributed by atoms with Crippen LogP contribution in [-0.4, -0.2) is 36.0 Å². The molecule has 70 valence electrons. The van der Waals surface area contributed by atoms with Gasteiger partial charge in [0.2, 0.25) is 5.91 Å². The highest BCUT2D eigenvalue weighted by Gasteiger charge is 2.25. The summed E-state index contributed by atoms with van der Waals surface area (Å²) < 4.78 is 0. The predicted octanol–water partition coefficient (Wildman–Crippen LogP) is 0.605. The third kappa shape index (κ3) is 2.21. The zero-order chi connectivity index (χ0) is 9.14. The van der Waals surface area contributed by atoms with Crippen molar-refractivity contribution in [1.29, 1.82) is 0 Å². The molecule has 0 aromatic heterocycles. The zero-order valence-corrected chi connectivity index (χ0v) is 8.13. The summed E-state index contributed by atoms with van der Waals surface area (Å²) in [4.78, 5) is 13.6. The van der Waals surface area contributed by atoms with E-state index in [9.17, 15) is 4.79 Å². The summed E-state index contributed by atoms with van der Waals surface area (Å²) in [6, 6.07) is 0.308. The van der Waals surface area contributed by atoms with Crippen LogP contribution < -0.4 is 5.32 Å². The lowest BCUT2D eigenvalue weighted by molar-refractivity contribution is -0.127. The molecule has 0 aromatic rings. The second kappa shape index (κ2) is 3.90. The van der Waals surface area contributed by atoms with Crippen molar-refractivity contribution in [1.82, 2.24) is 10.2 Å². The van der Waals surface area contributed by atoms with Crippen molar-refractivity contribution in [3.05, 3.63) is 0 Å². The van der Waals surface area contributed by atoms with Gasteiger partial charge in [0.1, 0.15) is 0 Å². The minimum atomic E-state index is 0.0566. The van der Waals surface area contributed by atoms with E-state index < -0.39 is 0 Å². The van der Waals surface area contributed by atoms with Gasteiger partial charge in [0.15, 0.2) is 0 Å². The third-order valence-electron chi connectivity index (χ3n) is 2.25. The van der Waals surface area contributed by atoms with Crippen LogP contribution in [0.4, 0.5) is 0 Å². The largest absolute Gasteiger partial charge is 0.353 e. The smallest absolute Gasteiger partial charge is 0.237 e. The Bertz CT molecular complexity index is 164. The molecule has 1 aliphatic heterocycles. The molecule has 0 spiro atoms. The minimum absolute atomic E-state index is 0.0566. The van der Waals surface area contributed by atoms with E-state index in [2.05, 4.69) is 10.2 Å². The van der Waals surface area contributed by atoms with Gasteiger partial charge in [-0.25, -0.2) is 0 Å². The molecular formula is C9H18N2O. The molecule has 0 aromatic carbocycles. The van der Waals surface area contributed by atoms with Crippen molar-refractivity contribution in [2.24, 2.45) is 0 Å². The maximum Gasteiger partial charge on any atom is 0.237 e. The quantitative estimate of drug-likeness (QED) is 0.673. The van der Waals surface area contributed by atoms with Crippen LogP contribution in [0.2, 0.25) is 0 Å². The van der Waals surface area contributed by atoms with Crippen LogP contribution in [0.1, 0.15) is 27.2 Å². The molecule has 1 heterocycles. The van der Waals surface area contributed by atoms with Crippen LogP contribution in [0.5, 0.6) is 0 Å². The summed E-state index contributed by atoms with van der Waals surface area (Å²) in [6.45, 7) is 8.09. The van der Waals surface area contributed by atoms with Gasteiger partial charge in [0.05, 0.1) is 6.04 Å². The van der Waals surface area contributed by atoms with E-state index in [1.165, 1.54) is 6.42 Å². The van der Waals surface area contributed by atoms with Gasteiger partial charge in [0, 0.05) is 19.1 Å². The zero-order valence-electron chi connectivity index (χ0n) is 8.13. The highest BCUT2D eigenvalue weighted by Crippen LogP contribution is 2.10. The van der Waals surface area contributed by atoms with Gasteiger partial charge in [-0.2, -0.15) is 0 Å². The van der Waals surface area contributed by atoms with E-state index >= 15 is 0 Å². The Balaban J connectivity index is 2.30. The molecular weight excluding hydrogens is 152 g/mol. The Hall–Kier alpha value is -0.570. The first-order valence-electron chi connectivity index (χ1n) is 4.65. The van der Waals surface area contributed by atoms with Gasteiger partial charge in [-0.15, -0.1) is 0 Å². The Morgan fingerprint density at radius 2 is 1.92 bits per heavy atom. The lowest BCUT2D eigenvalue weighted by Crippen LogP contribution is -2.52. The molecule has 1 N–H and O–H groups in total. The topological polar surface area (TPSA) is 32.3 Å². The molecule has 12 heavy (non-hydrogen) atoms. The SMILES string of the molecule is CC(C)NC(=O)C(C)N1CCC1. The van der Waals surface area contributed by atoms with Crippen LogP contribution in [-0.2, 0) is 4.79 Å². The van der Waals surface area contributed by atoms with Crippen molar-refractivity contribution in [2.45, 2.75) is 39.3 Å². The first-order valence-corrected chi connectivity index (χ1v) is 4.65. The van der Waals surface area contributed by atoms with Crippen molar-refractivity contribution < 1.29 is 4.79 Å². The highest BCUT2D eigenvalue weighted by atomic mass is 16.2. The van der Waals surface area contributed by atoms with Crippen LogP contribution in [0.15, 0.2) is 0 Å². The van der Waals surface area contributed by atoms with E-state index in [1.54, 1.807) is 0 Å². The standard InChI is InChI=1S/C9H18N2O/c1-7(2)10-9(12)8(3)11-5-4-6-11/h7-8H,4-6H2,1-3H3,(H,10,12). The van der Waals surface area contributed by atoms with Crippen LogP contribution in [0.3, 0.4) is 0 Å².